The summed E-state index contributed by atoms with van der Waals surface area (Å²) >= 11 is 0. The molecule has 2 aromatic rings. The fourth-order valence-electron chi connectivity index (χ4n) is 3.15. The Labute approximate surface area is 141 Å². The highest BCUT2D eigenvalue weighted by Gasteiger charge is 2.38. The topological polar surface area (TPSA) is 78.3 Å². The maximum absolute atomic E-state index is 12.7. The van der Waals surface area contributed by atoms with Crippen molar-refractivity contribution < 1.29 is 14.3 Å². The van der Waals surface area contributed by atoms with Crippen molar-refractivity contribution in [3.05, 3.63) is 35.3 Å². The number of amides is 1. The maximum atomic E-state index is 12.7. The molecule has 7 nitrogen and oxygen atoms in total. The van der Waals surface area contributed by atoms with Crippen LogP contribution in [0.4, 0.5) is 5.69 Å². The first-order chi connectivity index (χ1) is 11.5. The van der Waals surface area contributed by atoms with Gasteiger partial charge in [-0.05, 0) is 26.3 Å². The molecule has 24 heavy (non-hydrogen) atoms. The minimum absolute atomic E-state index is 0.0629. The van der Waals surface area contributed by atoms with Gasteiger partial charge in [-0.3, -0.25) is 9.48 Å². The number of carbonyl (C=O) groups excluding carboxylic acids is 1. The van der Waals surface area contributed by atoms with Crippen LogP contribution in [0.1, 0.15) is 29.5 Å². The number of carbonyl (C=O) groups is 1. The summed E-state index contributed by atoms with van der Waals surface area (Å²) in [5.74, 6) is 0.206. The minimum Gasteiger partial charge on any atom is -0.481 e. The Morgan fingerprint density at radius 2 is 2.21 bits per heavy atom. The number of methoxy groups -OCH3 is 1. The van der Waals surface area contributed by atoms with Gasteiger partial charge in [0, 0.05) is 31.0 Å². The molecule has 128 valence electrons. The molecule has 2 aromatic heterocycles. The van der Waals surface area contributed by atoms with E-state index >= 15 is 0 Å². The summed E-state index contributed by atoms with van der Waals surface area (Å²) in [6, 6.07) is 3.49. The van der Waals surface area contributed by atoms with Crippen LogP contribution in [0, 0.1) is 19.8 Å². The Kier molecular flexibility index (Phi) is 4.53. The van der Waals surface area contributed by atoms with E-state index in [-0.39, 0.29) is 17.9 Å². The highest BCUT2D eigenvalue weighted by Crippen LogP contribution is 2.38. The maximum Gasteiger partial charge on any atom is 0.230 e. The molecular weight excluding hydrogens is 308 g/mol. The lowest BCUT2D eigenvalue weighted by molar-refractivity contribution is -0.121. The van der Waals surface area contributed by atoms with Crippen molar-refractivity contribution in [1.82, 2.24) is 14.8 Å². The number of aryl methyl sites for hydroxylation is 2. The number of rotatable bonds is 4. The molecule has 1 saturated heterocycles. The van der Waals surface area contributed by atoms with Crippen LogP contribution >= 0.6 is 0 Å². The van der Waals surface area contributed by atoms with Crippen molar-refractivity contribution in [2.45, 2.75) is 26.4 Å². The van der Waals surface area contributed by atoms with Crippen molar-refractivity contribution in [3.63, 3.8) is 0 Å². The Balaban J connectivity index is 1.78. The van der Waals surface area contributed by atoms with Gasteiger partial charge in [0.05, 0.1) is 36.7 Å². The highest BCUT2D eigenvalue weighted by molar-refractivity contribution is 5.93. The normalized spacial score (nSPS) is 20.2. The van der Waals surface area contributed by atoms with Gasteiger partial charge >= 0.3 is 0 Å². The average molecular weight is 330 g/mol. The van der Waals surface area contributed by atoms with Gasteiger partial charge in [0.1, 0.15) is 0 Å². The van der Waals surface area contributed by atoms with Crippen LogP contribution in [-0.4, -0.2) is 34.4 Å². The number of pyridine rings is 1. The van der Waals surface area contributed by atoms with Crippen LogP contribution in [0.3, 0.4) is 0 Å². The Bertz CT molecular complexity index is 739. The summed E-state index contributed by atoms with van der Waals surface area (Å²) in [6.45, 7) is 4.52. The summed E-state index contributed by atoms with van der Waals surface area (Å²) < 4.78 is 12.7. The van der Waals surface area contributed by atoms with Gasteiger partial charge in [0.15, 0.2) is 0 Å². The van der Waals surface area contributed by atoms with E-state index in [0.29, 0.717) is 24.6 Å². The molecule has 1 N–H and O–H groups in total. The number of anilines is 1. The van der Waals surface area contributed by atoms with Crippen LogP contribution in [-0.2, 0) is 16.6 Å². The zero-order chi connectivity index (χ0) is 17.3. The fourth-order valence-corrected chi connectivity index (χ4v) is 3.15. The lowest BCUT2D eigenvalue weighted by Crippen LogP contribution is -2.26. The molecule has 0 aromatic carbocycles. The zero-order valence-electron chi connectivity index (χ0n) is 14.4. The number of ether oxygens (including phenoxy) is 2. The average Bonchev–Trinajstić information content (AvgIpc) is 3.13. The first kappa shape index (κ1) is 16.4. The van der Waals surface area contributed by atoms with E-state index in [1.165, 1.54) is 0 Å². The molecule has 0 aliphatic carbocycles. The van der Waals surface area contributed by atoms with E-state index in [0.717, 1.165) is 17.0 Å². The van der Waals surface area contributed by atoms with Crippen molar-refractivity contribution in [2.75, 3.05) is 19.0 Å². The van der Waals surface area contributed by atoms with Crippen molar-refractivity contribution >= 4 is 11.6 Å². The molecule has 1 fully saturated rings. The van der Waals surface area contributed by atoms with Crippen molar-refractivity contribution in [1.29, 1.82) is 0 Å². The molecule has 1 aliphatic heterocycles. The number of nitrogens with zero attached hydrogens (tertiary/aromatic N) is 3. The van der Waals surface area contributed by atoms with E-state index in [1.807, 2.05) is 25.6 Å². The molecule has 3 heterocycles. The zero-order valence-corrected chi connectivity index (χ0v) is 14.4. The Hall–Kier alpha value is -2.41. The number of hydrogen-bond donors (Lipinski definition) is 1. The van der Waals surface area contributed by atoms with E-state index in [4.69, 9.17) is 9.47 Å². The third-order valence-corrected chi connectivity index (χ3v) is 4.49. The Morgan fingerprint density at radius 3 is 2.79 bits per heavy atom. The third-order valence-electron chi connectivity index (χ3n) is 4.49. The van der Waals surface area contributed by atoms with Gasteiger partial charge in [0.25, 0.3) is 0 Å². The van der Waals surface area contributed by atoms with Gasteiger partial charge in [0.2, 0.25) is 11.8 Å². The molecule has 2 atom stereocenters. The molecule has 0 unspecified atom stereocenters. The predicted octanol–water partition coefficient (Wildman–Crippen LogP) is 2.16. The molecule has 1 aliphatic rings. The second-order valence-electron chi connectivity index (χ2n) is 5.97. The van der Waals surface area contributed by atoms with Crippen LogP contribution in [0.5, 0.6) is 5.88 Å². The van der Waals surface area contributed by atoms with E-state index in [1.54, 1.807) is 25.4 Å². The van der Waals surface area contributed by atoms with Crippen LogP contribution in [0.15, 0.2) is 18.3 Å². The SMILES string of the molecule is COc1ccc(NC(=O)[C@H]2CCO[C@@H]2c2c(C)nn(C)c2C)cn1. The first-order valence-corrected chi connectivity index (χ1v) is 7.94. The van der Waals surface area contributed by atoms with Crippen molar-refractivity contribution in [3.8, 4) is 5.88 Å². The summed E-state index contributed by atoms with van der Waals surface area (Å²) in [7, 11) is 3.46. The third kappa shape index (κ3) is 2.99. The first-order valence-electron chi connectivity index (χ1n) is 7.94. The largest absolute Gasteiger partial charge is 0.481 e. The van der Waals surface area contributed by atoms with Gasteiger partial charge in [-0.25, -0.2) is 4.98 Å². The van der Waals surface area contributed by atoms with Gasteiger partial charge in [-0.15, -0.1) is 0 Å². The molecule has 0 spiro atoms. The molecule has 0 bridgehead atoms. The van der Waals surface area contributed by atoms with Gasteiger partial charge in [-0.2, -0.15) is 5.10 Å². The quantitative estimate of drug-likeness (QED) is 0.929. The standard InChI is InChI=1S/C17H22N4O3/c1-10-15(11(2)21(3)20-10)16-13(7-8-24-16)17(22)19-12-5-6-14(23-4)18-9-12/h5-6,9,13,16H,7-8H2,1-4H3,(H,19,22)/t13-,16-/m0/s1. The summed E-state index contributed by atoms with van der Waals surface area (Å²) in [5.41, 5.74) is 3.60. The molecule has 7 heteroatoms. The van der Waals surface area contributed by atoms with Crippen LogP contribution in [0.25, 0.3) is 0 Å². The van der Waals surface area contributed by atoms with Gasteiger partial charge in [-0.1, -0.05) is 0 Å². The lowest BCUT2D eigenvalue weighted by atomic mass is 9.93. The number of nitrogens with one attached hydrogen (secondary N) is 1. The van der Waals surface area contributed by atoms with Gasteiger partial charge < -0.3 is 14.8 Å². The minimum atomic E-state index is -0.259. The predicted molar refractivity (Wildman–Crippen MR) is 88.9 cm³/mol. The molecule has 1 amide bonds. The van der Waals surface area contributed by atoms with E-state index in [2.05, 4.69) is 15.4 Å². The highest BCUT2D eigenvalue weighted by atomic mass is 16.5. The molecule has 3 rings (SSSR count). The number of hydrogen-bond acceptors (Lipinski definition) is 5. The summed E-state index contributed by atoms with van der Waals surface area (Å²) in [6.07, 6.45) is 2.01. The van der Waals surface area contributed by atoms with Crippen molar-refractivity contribution in [2.24, 2.45) is 13.0 Å². The summed E-state index contributed by atoms with van der Waals surface area (Å²) in [5, 5.41) is 7.35. The summed E-state index contributed by atoms with van der Waals surface area (Å²) in [4.78, 5) is 16.8. The van der Waals surface area contributed by atoms with Crippen LogP contribution in [0.2, 0.25) is 0 Å². The number of aromatic nitrogens is 3. The monoisotopic (exact) mass is 330 g/mol. The lowest BCUT2D eigenvalue weighted by Gasteiger charge is -2.19. The fraction of sp³-hybridized carbons (Fsp3) is 0.471. The van der Waals surface area contributed by atoms with Crippen LogP contribution < -0.4 is 10.1 Å². The molecule has 0 saturated carbocycles. The second-order valence-corrected chi connectivity index (χ2v) is 5.97. The van der Waals surface area contributed by atoms with E-state index < -0.39 is 0 Å². The van der Waals surface area contributed by atoms with E-state index in [9.17, 15) is 4.79 Å². The second kappa shape index (κ2) is 6.60. The smallest absolute Gasteiger partial charge is 0.230 e. The molecular formula is C17H22N4O3. The Morgan fingerprint density at radius 1 is 1.42 bits per heavy atom. The molecule has 0 radical (unpaired) electrons.